The molecule has 0 radical (unpaired) electrons. The molecule has 0 aromatic rings. The van der Waals surface area contributed by atoms with E-state index >= 15 is 0 Å². The molecule has 1 atom stereocenters. The minimum Gasteiger partial charge on any atom is -0.347 e. The van der Waals surface area contributed by atoms with E-state index in [0.717, 1.165) is 19.3 Å². The Morgan fingerprint density at radius 1 is 1.23 bits per heavy atom. The van der Waals surface area contributed by atoms with Crippen LogP contribution in [0.3, 0.4) is 0 Å². The van der Waals surface area contributed by atoms with E-state index in [9.17, 15) is 9.59 Å². The quantitative estimate of drug-likeness (QED) is 0.684. The third kappa shape index (κ3) is 5.39. The van der Waals surface area contributed by atoms with Crippen molar-refractivity contribution in [1.82, 2.24) is 5.32 Å². The van der Waals surface area contributed by atoms with Crippen molar-refractivity contribution in [3.8, 4) is 0 Å². The minimum absolute atomic E-state index is 0.122. The van der Waals surface area contributed by atoms with Crippen LogP contribution in [-0.4, -0.2) is 17.7 Å². The fourth-order valence-corrected chi connectivity index (χ4v) is 1.27. The van der Waals surface area contributed by atoms with Crippen LogP contribution in [0.1, 0.15) is 46.5 Å². The molecule has 3 nitrogen and oxygen atoms in total. The van der Waals surface area contributed by atoms with Gasteiger partial charge >= 0.3 is 0 Å². The predicted molar refractivity (Wildman–Crippen MR) is 52.4 cm³/mol. The molecule has 0 saturated carbocycles. The molecule has 3 heteroatoms. The van der Waals surface area contributed by atoms with E-state index < -0.39 is 0 Å². The van der Waals surface area contributed by atoms with Crippen molar-refractivity contribution in [3.63, 3.8) is 0 Å². The van der Waals surface area contributed by atoms with Crippen LogP contribution < -0.4 is 5.32 Å². The molecule has 0 aliphatic rings. The Morgan fingerprint density at radius 3 is 2.23 bits per heavy atom. The number of carbonyl (C=O) groups excluding carboxylic acids is 2. The van der Waals surface area contributed by atoms with Crippen molar-refractivity contribution < 1.29 is 9.59 Å². The number of rotatable bonds is 6. The van der Waals surface area contributed by atoms with Crippen molar-refractivity contribution in [3.05, 3.63) is 0 Å². The molecule has 13 heavy (non-hydrogen) atoms. The van der Waals surface area contributed by atoms with Gasteiger partial charge in [0, 0.05) is 13.3 Å². The Morgan fingerprint density at radius 2 is 1.85 bits per heavy atom. The molecule has 0 saturated heterocycles. The summed E-state index contributed by atoms with van der Waals surface area (Å²) in [6.07, 6.45) is 3.07. The number of ketones is 1. The average Bonchev–Trinajstić information content (AvgIpc) is 2.03. The largest absolute Gasteiger partial charge is 0.347 e. The third-order valence-electron chi connectivity index (χ3n) is 1.84. The second kappa shape index (κ2) is 6.63. The van der Waals surface area contributed by atoms with E-state index in [0.29, 0.717) is 6.42 Å². The number of carbonyl (C=O) groups is 2. The summed E-state index contributed by atoms with van der Waals surface area (Å²) >= 11 is 0. The summed E-state index contributed by atoms with van der Waals surface area (Å²) in [5, 5.41) is 2.68. The molecule has 0 bridgehead atoms. The van der Waals surface area contributed by atoms with Gasteiger partial charge in [-0.2, -0.15) is 0 Å². The Balaban J connectivity index is 4.06. The summed E-state index contributed by atoms with van der Waals surface area (Å²) in [6.45, 7) is 5.42. The fourth-order valence-electron chi connectivity index (χ4n) is 1.27. The highest BCUT2D eigenvalue weighted by atomic mass is 16.2. The van der Waals surface area contributed by atoms with Crippen LogP contribution in [0.2, 0.25) is 0 Å². The van der Waals surface area contributed by atoms with Crippen molar-refractivity contribution in [2.24, 2.45) is 0 Å². The average molecular weight is 185 g/mol. The van der Waals surface area contributed by atoms with Gasteiger partial charge in [-0.3, -0.25) is 9.59 Å². The maximum Gasteiger partial charge on any atom is 0.217 e. The first-order valence-electron chi connectivity index (χ1n) is 4.91. The zero-order valence-electron chi connectivity index (χ0n) is 8.72. The Labute approximate surface area is 79.9 Å². The summed E-state index contributed by atoms with van der Waals surface area (Å²) in [6, 6.07) is -0.262. The zero-order valence-corrected chi connectivity index (χ0v) is 8.72. The molecule has 0 rings (SSSR count). The van der Waals surface area contributed by atoms with E-state index in [4.69, 9.17) is 0 Å². The van der Waals surface area contributed by atoms with Gasteiger partial charge in [0.2, 0.25) is 5.91 Å². The van der Waals surface area contributed by atoms with Crippen molar-refractivity contribution in [2.75, 3.05) is 0 Å². The summed E-state index contributed by atoms with van der Waals surface area (Å²) < 4.78 is 0. The number of nitrogens with one attached hydrogen (secondary N) is 1. The van der Waals surface area contributed by atoms with Crippen LogP contribution >= 0.6 is 0 Å². The highest BCUT2D eigenvalue weighted by Gasteiger charge is 2.16. The standard InChI is InChI=1S/C10H19NO2/c1-4-6-9(11-8(3)12)10(13)7-5-2/h9H,4-7H2,1-3H3,(H,11,12). The first-order chi connectivity index (χ1) is 6.11. The Bertz CT molecular complexity index is 178. The SMILES string of the molecule is CCCC(=O)C(CCC)NC(C)=O. The molecule has 0 aliphatic carbocycles. The molecule has 0 aromatic carbocycles. The summed E-state index contributed by atoms with van der Waals surface area (Å²) in [4.78, 5) is 22.2. The van der Waals surface area contributed by atoms with Crippen LogP contribution in [-0.2, 0) is 9.59 Å². The van der Waals surface area contributed by atoms with Crippen molar-refractivity contribution in [2.45, 2.75) is 52.5 Å². The summed E-state index contributed by atoms with van der Waals surface area (Å²) in [5.41, 5.74) is 0. The number of hydrogen-bond acceptors (Lipinski definition) is 2. The molecular weight excluding hydrogens is 166 g/mol. The molecular formula is C10H19NO2. The van der Waals surface area contributed by atoms with Crippen LogP contribution in [0.25, 0.3) is 0 Å². The zero-order chi connectivity index (χ0) is 10.3. The van der Waals surface area contributed by atoms with Crippen LogP contribution in [0.15, 0.2) is 0 Å². The second-order valence-electron chi connectivity index (χ2n) is 3.26. The molecule has 0 fully saturated rings. The lowest BCUT2D eigenvalue weighted by atomic mass is 10.0. The molecule has 0 spiro atoms. The highest BCUT2D eigenvalue weighted by molar-refractivity contribution is 5.88. The van der Waals surface area contributed by atoms with E-state index in [1.807, 2.05) is 13.8 Å². The predicted octanol–water partition coefficient (Wildman–Crippen LogP) is 1.66. The van der Waals surface area contributed by atoms with E-state index in [-0.39, 0.29) is 17.7 Å². The van der Waals surface area contributed by atoms with Crippen LogP contribution in [0.5, 0.6) is 0 Å². The molecule has 76 valence electrons. The number of hydrogen-bond donors (Lipinski definition) is 1. The first-order valence-corrected chi connectivity index (χ1v) is 4.91. The molecule has 1 amide bonds. The van der Waals surface area contributed by atoms with Crippen LogP contribution in [0, 0.1) is 0 Å². The van der Waals surface area contributed by atoms with E-state index in [1.165, 1.54) is 6.92 Å². The van der Waals surface area contributed by atoms with Gasteiger partial charge in [0.1, 0.15) is 0 Å². The smallest absolute Gasteiger partial charge is 0.217 e. The van der Waals surface area contributed by atoms with Gasteiger partial charge in [0.25, 0.3) is 0 Å². The third-order valence-corrected chi connectivity index (χ3v) is 1.84. The number of amides is 1. The molecule has 1 unspecified atom stereocenters. The lowest BCUT2D eigenvalue weighted by Crippen LogP contribution is -2.39. The molecule has 0 aromatic heterocycles. The van der Waals surface area contributed by atoms with Crippen molar-refractivity contribution in [1.29, 1.82) is 0 Å². The molecule has 0 heterocycles. The Kier molecular flexibility index (Phi) is 6.20. The van der Waals surface area contributed by atoms with Gasteiger partial charge in [-0.15, -0.1) is 0 Å². The van der Waals surface area contributed by atoms with Gasteiger partial charge in [0.05, 0.1) is 6.04 Å². The number of Topliss-reactive ketones (excluding diaryl/α,β-unsaturated/α-hetero) is 1. The topological polar surface area (TPSA) is 46.2 Å². The maximum atomic E-state index is 11.5. The lowest BCUT2D eigenvalue weighted by Gasteiger charge is -2.15. The van der Waals surface area contributed by atoms with Gasteiger partial charge in [-0.25, -0.2) is 0 Å². The van der Waals surface area contributed by atoms with Gasteiger partial charge in [-0.1, -0.05) is 20.3 Å². The van der Waals surface area contributed by atoms with Gasteiger partial charge in [0.15, 0.2) is 5.78 Å². The first kappa shape index (κ1) is 12.1. The summed E-state index contributed by atoms with van der Waals surface area (Å²) in [7, 11) is 0. The fraction of sp³-hybridized carbons (Fsp3) is 0.800. The normalized spacial score (nSPS) is 12.2. The molecule has 1 N–H and O–H groups in total. The minimum atomic E-state index is -0.262. The van der Waals surface area contributed by atoms with Gasteiger partial charge in [-0.05, 0) is 12.8 Å². The maximum absolute atomic E-state index is 11.5. The Hall–Kier alpha value is -0.860. The van der Waals surface area contributed by atoms with E-state index in [2.05, 4.69) is 5.32 Å². The van der Waals surface area contributed by atoms with E-state index in [1.54, 1.807) is 0 Å². The molecule has 0 aliphatic heterocycles. The summed E-state index contributed by atoms with van der Waals surface area (Å²) in [5.74, 6) is 0.0300. The van der Waals surface area contributed by atoms with Gasteiger partial charge < -0.3 is 5.32 Å². The lowest BCUT2D eigenvalue weighted by molar-refractivity contribution is -0.126. The van der Waals surface area contributed by atoms with Crippen molar-refractivity contribution >= 4 is 11.7 Å². The van der Waals surface area contributed by atoms with Crippen LogP contribution in [0.4, 0.5) is 0 Å². The monoisotopic (exact) mass is 185 g/mol. The highest BCUT2D eigenvalue weighted by Crippen LogP contribution is 2.02. The second-order valence-corrected chi connectivity index (χ2v) is 3.26.